The number of ether oxygens (including phenoxy) is 1. The summed E-state index contributed by atoms with van der Waals surface area (Å²) in [7, 11) is 0. The lowest BCUT2D eigenvalue weighted by Crippen LogP contribution is -2.36. The molecule has 4 N–H and O–H groups in total. The predicted octanol–water partition coefficient (Wildman–Crippen LogP) is 2.68. The molecule has 20 heavy (non-hydrogen) atoms. The van der Waals surface area contributed by atoms with E-state index in [4.69, 9.17) is 22.1 Å². The first-order valence-corrected chi connectivity index (χ1v) is 7.54. The number of nitrogens with two attached hydrogens (primary N) is 1. The molecule has 7 heteroatoms. The molecule has 2 atom stereocenters. The lowest BCUT2D eigenvalue weighted by molar-refractivity contribution is 0.0521. The second kappa shape index (κ2) is 7.26. The number of carbonyl (C=O) groups is 1. The summed E-state index contributed by atoms with van der Waals surface area (Å²) in [5.41, 5.74) is 5.37. The Morgan fingerprint density at radius 3 is 2.70 bits per heavy atom. The molecule has 0 aliphatic heterocycles. The number of hydrogen-bond acceptors (Lipinski definition) is 5. The number of amides is 1. The van der Waals surface area contributed by atoms with Crippen LogP contribution in [0.5, 0.6) is 0 Å². The molecule has 0 radical (unpaired) electrons. The summed E-state index contributed by atoms with van der Waals surface area (Å²) in [6, 6.07) is 2.99. The zero-order valence-corrected chi connectivity index (χ0v) is 13.4. The summed E-state index contributed by atoms with van der Waals surface area (Å²) in [4.78, 5) is 12.2. The van der Waals surface area contributed by atoms with E-state index in [1.54, 1.807) is 32.9 Å². The number of carbonyl (C=O) groups excluding carboxylic acids is 1. The zero-order valence-electron chi connectivity index (χ0n) is 11.9. The minimum absolute atomic E-state index is 0.340. The Labute approximate surface area is 128 Å². The van der Waals surface area contributed by atoms with Gasteiger partial charge in [-0.15, -0.1) is 11.3 Å². The third-order valence-corrected chi connectivity index (χ3v) is 3.74. The van der Waals surface area contributed by atoms with Crippen molar-refractivity contribution < 1.29 is 14.6 Å². The molecule has 0 aromatic carbocycles. The molecule has 0 fully saturated rings. The van der Waals surface area contributed by atoms with Gasteiger partial charge in [0.2, 0.25) is 0 Å². The molecule has 1 amide bonds. The van der Waals surface area contributed by atoms with Crippen LogP contribution in [0.2, 0.25) is 4.34 Å². The summed E-state index contributed by atoms with van der Waals surface area (Å²) in [6.45, 7) is 5.72. The number of hydrogen-bond donors (Lipinski definition) is 3. The van der Waals surface area contributed by atoms with E-state index in [2.05, 4.69) is 5.32 Å². The molecule has 2 unspecified atom stereocenters. The first-order chi connectivity index (χ1) is 9.19. The van der Waals surface area contributed by atoms with Gasteiger partial charge in [0.05, 0.1) is 4.34 Å². The van der Waals surface area contributed by atoms with E-state index in [0.29, 0.717) is 17.3 Å². The van der Waals surface area contributed by atoms with Gasteiger partial charge in [-0.2, -0.15) is 0 Å². The fourth-order valence-electron chi connectivity index (χ4n) is 1.51. The van der Waals surface area contributed by atoms with Crippen molar-refractivity contribution >= 4 is 29.0 Å². The summed E-state index contributed by atoms with van der Waals surface area (Å²) < 4.78 is 5.71. The van der Waals surface area contributed by atoms with Crippen LogP contribution in [0.1, 0.15) is 38.2 Å². The number of thiophene rings is 1. The first-order valence-electron chi connectivity index (χ1n) is 6.35. The largest absolute Gasteiger partial charge is 0.444 e. The average Bonchev–Trinajstić information content (AvgIpc) is 2.72. The molecule has 0 bridgehead atoms. The molecular formula is C13H21ClN2O3S. The van der Waals surface area contributed by atoms with Gasteiger partial charge in [-0.05, 0) is 39.3 Å². The first kappa shape index (κ1) is 17.2. The van der Waals surface area contributed by atoms with Crippen LogP contribution in [0.25, 0.3) is 0 Å². The topological polar surface area (TPSA) is 84.6 Å². The molecule has 1 aromatic heterocycles. The van der Waals surface area contributed by atoms with Crippen LogP contribution in [0, 0.1) is 0 Å². The Hall–Kier alpha value is -0.820. The van der Waals surface area contributed by atoms with Crippen molar-refractivity contribution in [2.75, 3.05) is 6.54 Å². The monoisotopic (exact) mass is 320 g/mol. The molecule has 1 aromatic rings. The Morgan fingerprint density at radius 2 is 2.20 bits per heavy atom. The predicted molar refractivity (Wildman–Crippen MR) is 81.1 cm³/mol. The van der Waals surface area contributed by atoms with Crippen molar-refractivity contribution in [1.82, 2.24) is 5.32 Å². The number of aliphatic hydroxyl groups is 1. The Balaban J connectivity index is 2.33. The molecule has 1 rings (SSSR count). The highest BCUT2D eigenvalue weighted by molar-refractivity contribution is 7.16. The molecule has 0 saturated heterocycles. The van der Waals surface area contributed by atoms with E-state index >= 15 is 0 Å². The second-order valence-electron chi connectivity index (χ2n) is 5.47. The van der Waals surface area contributed by atoms with Gasteiger partial charge < -0.3 is 20.9 Å². The maximum Gasteiger partial charge on any atom is 0.407 e. The van der Waals surface area contributed by atoms with Crippen LogP contribution in [0.4, 0.5) is 4.79 Å². The molecular weight excluding hydrogens is 300 g/mol. The smallest absolute Gasteiger partial charge is 0.407 e. The maximum atomic E-state index is 11.4. The third kappa shape index (κ3) is 6.09. The minimum Gasteiger partial charge on any atom is -0.444 e. The van der Waals surface area contributed by atoms with Crippen LogP contribution >= 0.6 is 22.9 Å². The van der Waals surface area contributed by atoms with E-state index in [9.17, 15) is 9.90 Å². The highest BCUT2D eigenvalue weighted by atomic mass is 35.5. The van der Waals surface area contributed by atoms with Crippen LogP contribution in [-0.4, -0.2) is 29.4 Å². The second-order valence-corrected chi connectivity index (χ2v) is 7.21. The molecule has 0 saturated carbocycles. The lowest BCUT2D eigenvalue weighted by atomic mass is 10.1. The van der Waals surface area contributed by atoms with Crippen LogP contribution < -0.4 is 11.1 Å². The minimum atomic E-state index is -0.784. The maximum absolute atomic E-state index is 11.4. The van der Waals surface area contributed by atoms with Crippen molar-refractivity contribution in [2.45, 2.75) is 44.9 Å². The fourth-order valence-corrected chi connectivity index (χ4v) is 2.63. The summed E-state index contributed by atoms with van der Waals surface area (Å²) in [5.74, 6) is 0. The number of alkyl carbamates (subject to hydrolysis) is 1. The van der Waals surface area contributed by atoms with E-state index < -0.39 is 23.8 Å². The van der Waals surface area contributed by atoms with Crippen LogP contribution in [0.3, 0.4) is 0 Å². The van der Waals surface area contributed by atoms with Gasteiger partial charge in [0, 0.05) is 17.5 Å². The van der Waals surface area contributed by atoms with Crippen molar-refractivity contribution in [2.24, 2.45) is 5.73 Å². The van der Waals surface area contributed by atoms with Gasteiger partial charge in [-0.25, -0.2) is 4.79 Å². The van der Waals surface area contributed by atoms with Crippen LogP contribution in [-0.2, 0) is 4.74 Å². The Morgan fingerprint density at radius 1 is 1.55 bits per heavy atom. The van der Waals surface area contributed by atoms with Crippen molar-refractivity contribution in [3.8, 4) is 0 Å². The Bertz CT molecular complexity index is 445. The van der Waals surface area contributed by atoms with E-state index in [1.807, 2.05) is 0 Å². The molecule has 0 aliphatic rings. The van der Waals surface area contributed by atoms with Gasteiger partial charge >= 0.3 is 6.09 Å². The van der Waals surface area contributed by atoms with E-state index in [-0.39, 0.29) is 0 Å². The standard InChI is InChI=1S/C13H21ClN2O3S/c1-13(2,3)19-12(18)16-7-6-8(15)11(17)9-4-5-10(14)20-9/h4-5,8,11,17H,6-7,15H2,1-3H3,(H,16,18). The number of rotatable bonds is 5. The zero-order chi connectivity index (χ0) is 15.3. The lowest BCUT2D eigenvalue weighted by Gasteiger charge is -2.21. The average molecular weight is 321 g/mol. The summed E-state index contributed by atoms with van der Waals surface area (Å²) in [6.07, 6.45) is -0.832. The highest BCUT2D eigenvalue weighted by Crippen LogP contribution is 2.28. The normalized spacial score (nSPS) is 14.7. The van der Waals surface area contributed by atoms with E-state index in [0.717, 1.165) is 4.88 Å². The summed E-state index contributed by atoms with van der Waals surface area (Å²) >= 11 is 7.10. The molecule has 0 aliphatic carbocycles. The highest BCUT2D eigenvalue weighted by Gasteiger charge is 2.20. The third-order valence-electron chi connectivity index (χ3n) is 2.44. The molecule has 114 valence electrons. The summed E-state index contributed by atoms with van der Waals surface area (Å²) in [5, 5.41) is 12.6. The van der Waals surface area contributed by atoms with Gasteiger partial charge in [-0.1, -0.05) is 11.6 Å². The SMILES string of the molecule is CC(C)(C)OC(=O)NCCC(N)C(O)c1ccc(Cl)s1. The molecule has 1 heterocycles. The Kier molecular flexibility index (Phi) is 6.26. The number of aliphatic hydroxyl groups excluding tert-OH is 1. The van der Waals surface area contributed by atoms with Crippen molar-refractivity contribution in [3.05, 3.63) is 21.3 Å². The number of nitrogens with one attached hydrogen (secondary N) is 1. The van der Waals surface area contributed by atoms with Crippen molar-refractivity contribution in [3.63, 3.8) is 0 Å². The fraction of sp³-hybridized carbons (Fsp3) is 0.615. The quantitative estimate of drug-likeness (QED) is 0.778. The van der Waals surface area contributed by atoms with Gasteiger partial charge in [-0.3, -0.25) is 0 Å². The number of halogens is 1. The molecule has 0 spiro atoms. The van der Waals surface area contributed by atoms with Gasteiger partial charge in [0.1, 0.15) is 11.7 Å². The molecule has 5 nitrogen and oxygen atoms in total. The van der Waals surface area contributed by atoms with Crippen LogP contribution in [0.15, 0.2) is 12.1 Å². The van der Waals surface area contributed by atoms with E-state index in [1.165, 1.54) is 11.3 Å². The van der Waals surface area contributed by atoms with Gasteiger partial charge in [0.25, 0.3) is 0 Å². The van der Waals surface area contributed by atoms with Gasteiger partial charge in [0.15, 0.2) is 0 Å². The van der Waals surface area contributed by atoms with Crippen molar-refractivity contribution in [1.29, 1.82) is 0 Å².